The van der Waals surface area contributed by atoms with Gasteiger partial charge in [0.15, 0.2) is 12.2 Å². The van der Waals surface area contributed by atoms with Crippen LogP contribution in [0, 0.1) is 5.41 Å². The molecule has 0 N–H and O–H groups in total. The first kappa shape index (κ1) is 11.1. The normalized spacial score (nSPS) is 45.9. The Kier molecular flexibility index (Phi) is 2.15. The second kappa shape index (κ2) is 3.28. The molecule has 3 aliphatic heterocycles. The lowest BCUT2D eigenvalue weighted by atomic mass is 9.76. The van der Waals surface area contributed by atoms with Crippen LogP contribution in [0.15, 0.2) is 12.2 Å². The fraction of sp³-hybridized carbons (Fsp3) is 0.667. The lowest BCUT2D eigenvalue weighted by molar-refractivity contribution is -0.156. The number of carbonyl (C=O) groups excluding carboxylic acids is 2. The van der Waals surface area contributed by atoms with Gasteiger partial charge in [0.05, 0.1) is 10.7 Å². The SMILES string of the molecule is C=C(C)C(=O)OC1C2CC3(C)C(=O)OC1C3S2. The largest absolute Gasteiger partial charge is 0.457 e. The van der Waals surface area contributed by atoms with Gasteiger partial charge in [-0.05, 0) is 20.3 Å². The van der Waals surface area contributed by atoms with Crippen molar-refractivity contribution in [2.75, 3.05) is 0 Å². The molecule has 0 radical (unpaired) electrons. The second-order valence-corrected chi connectivity index (χ2v) is 6.62. The number of hydrogen-bond acceptors (Lipinski definition) is 5. The predicted octanol–water partition coefficient (Wildman–Crippen LogP) is 1.29. The number of esters is 2. The summed E-state index contributed by atoms with van der Waals surface area (Å²) in [5.41, 5.74) is 0.0106. The van der Waals surface area contributed by atoms with E-state index in [4.69, 9.17) is 9.47 Å². The number of hydrogen-bond donors (Lipinski definition) is 0. The van der Waals surface area contributed by atoms with Crippen LogP contribution in [0.4, 0.5) is 0 Å². The minimum absolute atomic E-state index is 0.142. The summed E-state index contributed by atoms with van der Waals surface area (Å²) in [4.78, 5) is 23.3. The van der Waals surface area contributed by atoms with Gasteiger partial charge in [-0.15, -0.1) is 11.8 Å². The van der Waals surface area contributed by atoms with Crippen molar-refractivity contribution < 1.29 is 19.1 Å². The van der Waals surface area contributed by atoms with E-state index in [0.29, 0.717) is 5.57 Å². The summed E-state index contributed by atoms with van der Waals surface area (Å²) in [6.07, 6.45) is 0.180. The van der Waals surface area contributed by atoms with E-state index >= 15 is 0 Å². The van der Waals surface area contributed by atoms with Gasteiger partial charge in [0.25, 0.3) is 0 Å². The number of carbonyl (C=O) groups is 2. The van der Waals surface area contributed by atoms with Crippen LogP contribution in [0.1, 0.15) is 20.3 Å². The Morgan fingerprint density at radius 2 is 2.35 bits per heavy atom. The van der Waals surface area contributed by atoms with Crippen molar-refractivity contribution in [3.63, 3.8) is 0 Å². The van der Waals surface area contributed by atoms with Crippen molar-refractivity contribution >= 4 is 23.7 Å². The Morgan fingerprint density at radius 3 is 3.00 bits per heavy atom. The Morgan fingerprint density at radius 1 is 1.65 bits per heavy atom. The van der Waals surface area contributed by atoms with E-state index in [9.17, 15) is 9.59 Å². The highest BCUT2D eigenvalue weighted by Gasteiger charge is 2.70. The smallest absolute Gasteiger partial charge is 0.333 e. The molecular weight excluding hydrogens is 240 g/mol. The highest BCUT2D eigenvalue weighted by atomic mass is 32.2. The van der Waals surface area contributed by atoms with E-state index < -0.39 is 5.97 Å². The molecule has 5 atom stereocenters. The van der Waals surface area contributed by atoms with Gasteiger partial charge in [-0.25, -0.2) is 4.79 Å². The average Bonchev–Trinajstić information content (AvgIpc) is 2.79. The van der Waals surface area contributed by atoms with Crippen molar-refractivity contribution in [1.29, 1.82) is 0 Å². The molecule has 0 amide bonds. The van der Waals surface area contributed by atoms with E-state index in [-0.39, 0.29) is 34.1 Å². The molecule has 0 aromatic heterocycles. The minimum atomic E-state index is -0.396. The molecule has 17 heavy (non-hydrogen) atoms. The first-order valence-corrected chi connectivity index (χ1v) is 6.61. The van der Waals surface area contributed by atoms with E-state index in [1.165, 1.54) is 0 Å². The van der Waals surface area contributed by atoms with Crippen molar-refractivity contribution in [3.8, 4) is 0 Å². The summed E-state index contributed by atoms with van der Waals surface area (Å²) in [6.45, 7) is 7.13. The molecule has 0 spiro atoms. The van der Waals surface area contributed by atoms with Crippen LogP contribution >= 0.6 is 11.8 Å². The van der Waals surface area contributed by atoms with Crippen LogP contribution in [0.3, 0.4) is 0 Å². The number of rotatable bonds is 2. The summed E-state index contributed by atoms with van der Waals surface area (Å²) in [5, 5.41) is 0.327. The zero-order chi connectivity index (χ0) is 12.4. The van der Waals surface area contributed by atoms with Crippen LogP contribution in [-0.2, 0) is 19.1 Å². The molecule has 3 aliphatic rings. The molecule has 5 heteroatoms. The number of ether oxygens (including phenoxy) is 2. The molecule has 2 bridgehead atoms. The monoisotopic (exact) mass is 254 g/mol. The van der Waals surface area contributed by atoms with Gasteiger partial charge in [-0.1, -0.05) is 6.58 Å². The van der Waals surface area contributed by atoms with Gasteiger partial charge in [0, 0.05) is 10.8 Å². The molecule has 0 aromatic carbocycles. The Balaban J connectivity index is 1.82. The lowest BCUT2D eigenvalue weighted by Gasteiger charge is -2.27. The highest BCUT2D eigenvalue weighted by Crippen LogP contribution is 2.62. The van der Waals surface area contributed by atoms with Crippen LogP contribution < -0.4 is 0 Å². The van der Waals surface area contributed by atoms with E-state index in [1.54, 1.807) is 18.7 Å². The summed E-state index contributed by atoms with van der Waals surface area (Å²) >= 11 is 1.72. The zero-order valence-corrected chi connectivity index (χ0v) is 10.6. The van der Waals surface area contributed by atoms with E-state index in [0.717, 1.165) is 6.42 Å². The standard InChI is InChI=1S/C12H14O4S/c1-5(2)10(13)15-7-6-4-12(3)9(17-6)8(7)16-11(12)14/h6-9H,1,4H2,2-3H3. The maximum atomic E-state index is 11.8. The van der Waals surface area contributed by atoms with Crippen molar-refractivity contribution in [3.05, 3.63) is 12.2 Å². The van der Waals surface area contributed by atoms with Crippen LogP contribution in [0.25, 0.3) is 0 Å². The highest BCUT2D eigenvalue weighted by molar-refractivity contribution is 8.01. The molecule has 0 saturated carbocycles. The van der Waals surface area contributed by atoms with Crippen molar-refractivity contribution in [1.82, 2.24) is 0 Å². The summed E-state index contributed by atoms with van der Waals surface area (Å²) in [7, 11) is 0. The van der Waals surface area contributed by atoms with Gasteiger partial charge in [-0.2, -0.15) is 0 Å². The lowest BCUT2D eigenvalue weighted by Crippen LogP contribution is -2.43. The molecule has 3 saturated heterocycles. The molecule has 3 heterocycles. The second-order valence-electron chi connectivity index (χ2n) is 5.24. The minimum Gasteiger partial charge on any atom is -0.457 e. The van der Waals surface area contributed by atoms with Crippen LogP contribution in [-0.4, -0.2) is 34.6 Å². The zero-order valence-electron chi connectivity index (χ0n) is 9.76. The predicted molar refractivity (Wildman–Crippen MR) is 62.5 cm³/mol. The summed E-state index contributed by atoms with van der Waals surface area (Å²) in [5.74, 6) is -0.538. The van der Waals surface area contributed by atoms with E-state index in [2.05, 4.69) is 6.58 Å². The number of fused-ring (bicyclic) bond motifs is 1. The molecule has 92 valence electrons. The molecule has 3 fully saturated rings. The Hall–Kier alpha value is -0.970. The topological polar surface area (TPSA) is 52.6 Å². The maximum Gasteiger partial charge on any atom is 0.333 e. The van der Waals surface area contributed by atoms with Crippen molar-refractivity contribution in [2.24, 2.45) is 5.41 Å². The first-order chi connectivity index (χ1) is 7.93. The Labute approximate surface area is 104 Å². The van der Waals surface area contributed by atoms with Gasteiger partial charge >= 0.3 is 11.9 Å². The van der Waals surface area contributed by atoms with E-state index in [1.807, 2.05) is 6.92 Å². The van der Waals surface area contributed by atoms with Gasteiger partial charge in [0.1, 0.15) is 0 Å². The van der Waals surface area contributed by atoms with Gasteiger partial charge in [0.2, 0.25) is 0 Å². The quantitative estimate of drug-likeness (QED) is 0.549. The molecule has 5 unspecified atom stereocenters. The average molecular weight is 254 g/mol. The molecular formula is C12H14O4S. The van der Waals surface area contributed by atoms with Crippen LogP contribution in [0.2, 0.25) is 0 Å². The maximum absolute atomic E-state index is 11.8. The van der Waals surface area contributed by atoms with Crippen molar-refractivity contribution in [2.45, 2.75) is 43.0 Å². The third-order valence-electron chi connectivity index (χ3n) is 3.86. The summed E-state index contributed by atoms with van der Waals surface area (Å²) < 4.78 is 10.8. The fourth-order valence-corrected chi connectivity index (χ4v) is 4.93. The molecule has 0 aliphatic carbocycles. The van der Waals surface area contributed by atoms with Gasteiger partial charge in [-0.3, -0.25) is 4.79 Å². The number of thioether (sulfide) groups is 1. The fourth-order valence-electron chi connectivity index (χ4n) is 2.89. The molecule has 0 aromatic rings. The van der Waals surface area contributed by atoms with Crippen LogP contribution in [0.5, 0.6) is 0 Å². The molecule has 3 rings (SSSR count). The summed E-state index contributed by atoms with van der Waals surface area (Å²) in [6, 6.07) is 0. The third kappa shape index (κ3) is 1.32. The third-order valence-corrected chi connectivity index (χ3v) is 5.73. The first-order valence-electron chi connectivity index (χ1n) is 5.66. The van der Waals surface area contributed by atoms with Gasteiger partial charge < -0.3 is 9.47 Å². The Bertz CT molecular complexity index is 432. The molecule has 4 nitrogen and oxygen atoms in total.